The summed E-state index contributed by atoms with van der Waals surface area (Å²) in [6.45, 7) is 1.14. The van der Waals surface area contributed by atoms with Gasteiger partial charge >= 0.3 is 0 Å². The molecule has 0 saturated carbocycles. The lowest BCUT2D eigenvalue weighted by atomic mass is 10.4. The lowest BCUT2D eigenvalue weighted by Gasteiger charge is -2.15. The minimum absolute atomic E-state index is 0.130. The zero-order chi connectivity index (χ0) is 13.9. The summed E-state index contributed by atoms with van der Waals surface area (Å²) in [5, 5.41) is 0.583. The van der Waals surface area contributed by atoms with Crippen molar-refractivity contribution in [3.8, 4) is 0 Å². The van der Waals surface area contributed by atoms with Crippen LogP contribution in [0.5, 0.6) is 0 Å². The second kappa shape index (κ2) is 5.89. The fourth-order valence-corrected chi connectivity index (χ4v) is 3.87. The van der Waals surface area contributed by atoms with Gasteiger partial charge in [-0.15, -0.1) is 0 Å². The fraction of sp³-hybridized carbons (Fsp3) is 0.455. The number of amides is 1. The van der Waals surface area contributed by atoms with Gasteiger partial charge in [-0.05, 0) is 25.0 Å². The zero-order valence-electron chi connectivity index (χ0n) is 10.3. The van der Waals surface area contributed by atoms with E-state index in [0.717, 1.165) is 12.8 Å². The van der Waals surface area contributed by atoms with Gasteiger partial charge in [-0.3, -0.25) is 4.79 Å². The van der Waals surface area contributed by atoms with Crippen molar-refractivity contribution >= 4 is 27.7 Å². The van der Waals surface area contributed by atoms with Crippen LogP contribution in [0.3, 0.4) is 0 Å². The number of rotatable bonds is 5. The van der Waals surface area contributed by atoms with Crippen LogP contribution in [0.2, 0.25) is 0 Å². The zero-order valence-corrected chi connectivity index (χ0v) is 11.9. The van der Waals surface area contributed by atoms with Gasteiger partial charge in [0.05, 0.1) is 10.8 Å². The first kappa shape index (κ1) is 14.3. The van der Waals surface area contributed by atoms with Crippen LogP contribution in [0.25, 0.3) is 0 Å². The number of sulfonamides is 1. The van der Waals surface area contributed by atoms with Crippen LogP contribution in [-0.4, -0.2) is 42.5 Å². The molecule has 1 aromatic rings. The summed E-state index contributed by atoms with van der Waals surface area (Å²) in [6, 6.07) is 3.11. The summed E-state index contributed by atoms with van der Waals surface area (Å²) in [4.78, 5) is 14.9. The predicted molar refractivity (Wildman–Crippen MR) is 72.1 cm³/mol. The maximum atomic E-state index is 12.2. The molecule has 6 nitrogen and oxygen atoms in total. The number of nitrogens with zero attached hydrogens (tertiary/aromatic N) is 2. The molecule has 0 spiro atoms. The van der Waals surface area contributed by atoms with E-state index in [1.54, 1.807) is 6.07 Å². The predicted octanol–water partition coefficient (Wildman–Crippen LogP) is 0.443. The number of pyridine rings is 1. The van der Waals surface area contributed by atoms with Gasteiger partial charge in [-0.2, -0.15) is 4.31 Å². The number of primary amides is 1. The molecule has 8 heteroatoms. The molecule has 2 heterocycles. The van der Waals surface area contributed by atoms with Crippen molar-refractivity contribution in [1.29, 1.82) is 0 Å². The molecule has 0 atom stereocenters. The van der Waals surface area contributed by atoms with Gasteiger partial charge in [0.15, 0.2) is 0 Å². The lowest BCUT2D eigenvalue weighted by molar-refractivity contribution is -0.115. The van der Waals surface area contributed by atoms with Gasteiger partial charge in [-0.1, -0.05) is 11.8 Å². The number of hydrogen-bond acceptors (Lipinski definition) is 5. The van der Waals surface area contributed by atoms with Crippen LogP contribution >= 0.6 is 11.8 Å². The molecule has 104 valence electrons. The van der Waals surface area contributed by atoms with Gasteiger partial charge in [0.1, 0.15) is 4.90 Å². The van der Waals surface area contributed by atoms with Gasteiger partial charge < -0.3 is 5.73 Å². The highest BCUT2D eigenvalue weighted by Crippen LogP contribution is 2.22. The molecule has 0 bridgehead atoms. The Morgan fingerprint density at radius 3 is 2.58 bits per heavy atom. The number of hydrogen-bond donors (Lipinski definition) is 1. The molecule has 2 N–H and O–H groups in total. The Morgan fingerprint density at radius 1 is 1.37 bits per heavy atom. The minimum Gasteiger partial charge on any atom is -0.369 e. The Bertz CT molecular complexity index is 551. The van der Waals surface area contributed by atoms with E-state index < -0.39 is 15.9 Å². The Hall–Kier alpha value is -1.12. The topological polar surface area (TPSA) is 93.4 Å². The minimum atomic E-state index is -3.42. The highest BCUT2D eigenvalue weighted by atomic mass is 32.2. The summed E-state index contributed by atoms with van der Waals surface area (Å²) < 4.78 is 25.9. The summed E-state index contributed by atoms with van der Waals surface area (Å²) in [5.74, 6) is -0.300. The largest absolute Gasteiger partial charge is 0.369 e. The normalized spacial score (nSPS) is 16.6. The van der Waals surface area contributed by atoms with Crippen molar-refractivity contribution in [3.63, 3.8) is 0 Å². The number of carbonyl (C=O) groups is 1. The molecule has 0 unspecified atom stereocenters. The monoisotopic (exact) mass is 301 g/mol. The van der Waals surface area contributed by atoms with Crippen molar-refractivity contribution < 1.29 is 13.2 Å². The molecule has 1 saturated heterocycles. The maximum absolute atomic E-state index is 12.2. The quantitative estimate of drug-likeness (QED) is 0.797. The van der Waals surface area contributed by atoms with E-state index in [1.165, 1.54) is 28.3 Å². The Kier molecular flexibility index (Phi) is 4.43. The van der Waals surface area contributed by atoms with Crippen LogP contribution in [0.15, 0.2) is 28.3 Å². The number of thioether (sulfide) groups is 1. The second-order valence-electron chi connectivity index (χ2n) is 4.20. The number of aromatic nitrogens is 1. The third-order valence-electron chi connectivity index (χ3n) is 2.77. The van der Waals surface area contributed by atoms with Gasteiger partial charge in [-0.25, -0.2) is 13.4 Å². The molecule has 0 radical (unpaired) electrons. The molecule has 0 aliphatic carbocycles. The smallest absolute Gasteiger partial charge is 0.244 e. The molecular formula is C11H15N3O3S2. The standard InChI is InChI=1S/C11H15N3O3S2/c12-10(15)8-18-11-4-3-9(7-13-11)19(16,17)14-5-1-2-6-14/h3-4,7H,1-2,5-6,8H2,(H2,12,15). The first-order valence-electron chi connectivity index (χ1n) is 5.87. The summed E-state index contributed by atoms with van der Waals surface area (Å²) in [6.07, 6.45) is 3.13. The van der Waals surface area contributed by atoms with Crippen molar-refractivity contribution in [2.24, 2.45) is 5.73 Å². The van der Waals surface area contributed by atoms with E-state index in [4.69, 9.17) is 5.73 Å². The summed E-state index contributed by atoms with van der Waals surface area (Å²) in [7, 11) is -3.42. The highest BCUT2D eigenvalue weighted by molar-refractivity contribution is 7.99. The molecule has 0 aromatic carbocycles. The van der Waals surface area contributed by atoms with E-state index in [1.807, 2.05) is 0 Å². The third kappa shape index (κ3) is 3.46. The molecule has 19 heavy (non-hydrogen) atoms. The summed E-state index contributed by atoms with van der Waals surface area (Å²) in [5.41, 5.74) is 5.03. The van der Waals surface area contributed by atoms with Gasteiger partial charge in [0, 0.05) is 19.3 Å². The van der Waals surface area contributed by atoms with Gasteiger partial charge in [0.25, 0.3) is 0 Å². The van der Waals surface area contributed by atoms with Crippen LogP contribution in [-0.2, 0) is 14.8 Å². The molecule has 1 amide bonds. The first-order valence-corrected chi connectivity index (χ1v) is 8.30. The molecule has 1 aromatic heterocycles. The maximum Gasteiger partial charge on any atom is 0.244 e. The number of nitrogens with two attached hydrogens (primary N) is 1. The van der Waals surface area contributed by atoms with Gasteiger partial charge in [0.2, 0.25) is 15.9 Å². The highest BCUT2D eigenvalue weighted by Gasteiger charge is 2.27. The van der Waals surface area contributed by atoms with Crippen LogP contribution < -0.4 is 5.73 Å². The molecule has 1 fully saturated rings. The van der Waals surface area contributed by atoms with Crippen LogP contribution in [0.4, 0.5) is 0 Å². The lowest BCUT2D eigenvalue weighted by Crippen LogP contribution is -2.27. The third-order valence-corrected chi connectivity index (χ3v) is 5.62. The Labute approximate surface area is 116 Å². The Morgan fingerprint density at radius 2 is 2.05 bits per heavy atom. The fourth-order valence-electron chi connectivity index (χ4n) is 1.83. The second-order valence-corrected chi connectivity index (χ2v) is 7.13. The van der Waals surface area contributed by atoms with E-state index in [-0.39, 0.29) is 10.6 Å². The molecule has 1 aliphatic heterocycles. The summed E-state index contributed by atoms with van der Waals surface area (Å²) >= 11 is 1.19. The van der Waals surface area contributed by atoms with E-state index in [2.05, 4.69) is 4.98 Å². The first-order chi connectivity index (χ1) is 9.00. The molecular weight excluding hydrogens is 286 g/mol. The van der Waals surface area contributed by atoms with Crippen molar-refractivity contribution in [2.75, 3.05) is 18.8 Å². The van der Waals surface area contributed by atoms with E-state index >= 15 is 0 Å². The van der Waals surface area contributed by atoms with Crippen molar-refractivity contribution in [3.05, 3.63) is 18.3 Å². The average Bonchev–Trinajstić information content (AvgIpc) is 2.91. The van der Waals surface area contributed by atoms with Crippen molar-refractivity contribution in [2.45, 2.75) is 22.8 Å². The average molecular weight is 301 g/mol. The van der Waals surface area contributed by atoms with Crippen molar-refractivity contribution in [1.82, 2.24) is 9.29 Å². The SMILES string of the molecule is NC(=O)CSc1ccc(S(=O)(=O)N2CCCC2)cn1. The van der Waals surface area contributed by atoms with E-state index in [9.17, 15) is 13.2 Å². The van der Waals surface area contributed by atoms with Crippen LogP contribution in [0.1, 0.15) is 12.8 Å². The van der Waals surface area contributed by atoms with Crippen LogP contribution in [0, 0.1) is 0 Å². The number of carbonyl (C=O) groups excluding carboxylic acids is 1. The molecule has 1 aliphatic rings. The molecule has 2 rings (SSSR count). The van der Waals surface area contributed by atoms with E-state index in [0.29, 0.717) is 18.1 Å². The Balaban J connectivity index is 2.11.